The summed E-state index contributed by atoms with van der Waals surface area (Å²) in [6, 6.07) is 13.7. The van der Waals surface area contributed by atoms with Gasteiger partial charge in [-0.15, -0.1) is 11.3 Å². The number of thiazole rings is 1. The number of para-hydroxylation sites is 1. The molecule has 0 aliphatic rings. The van der Waals surface area contributed by atoms with Gasteiger partial charge in [0.05, 0.1) is 10.2 Å². The number of aromatic nitrogens is 1. The lowest BCUT2D eigenvalue weighted by molar-refractivity contribution is 0.691. The zero-order valence-corrected chi connectivity index (χ0v) is 12.9. The third kappa shape index (κ3) is 3.13. The van der Waals surface area contributed by atoms with Crippen molar-refractivity contribution < 1.29 is 0 Å². The Morgan fingerprint density at radius 2 is 1.90 bits per heavy atom. The van der Waals surface area contributed by atoms with Crippen LogP contribution in [0.5, 0.6) is 0 Å². The average Bonchev–Trinajstić information content (AvgIpc) is 2.84. The molecule has 1 N–H and O–H groups in total. The number of rotatable bonds is 4. The lowest BCUT2D eigenvalue weighted by Gasteiger charge is -2.05. The van der Waals surface area contributed by atoms with Gasteiger partial charge < -0.3 is 5.32 Å². The van der Waals surface area contributed by atoms with Crippen LogP contribution in [0.2, 0.25) is 10.0 Å². The molecule has 0 aliphatic carbocycles. The van der Waals surface area contributed by atoms with Crippen LogP contribution in [0.3, 0.4) is 0 Å². The minimum atomic E-state index is 0.657. The molecule has 0 saturated carbocycles. The molecule has 3 rings (SSSR count). The summed E-state index contributed by atoms with van der Waals surface area (Å²) in [7, 11) is 0. The average molecular weight is 323 g/mol. The largest absolute Gasteiger partial charge is 0.306 e. The topological polar surface area (TPSA) is 24.9 Å². The van der Waals surface area contributed by atoms with Crippen molar-refractivity contribution >= 4 is 44.8 Å². The number of nitrogens with zero attached hydrogens (tertiary/aromatic N) is 1. The smallest absolute Gasteiger partial charge is 0.108 e. The molecule has 2 nitrogen and oxygen atoms in total. The molecule has 0 bridgehead atoms. The van der Waals surface area contributed by atoms with Gasteiger partial charge in [-0.25, -0.2) is 4.98 Å². The summed E-state index contributed by atoms with van der Waals surface area (Å²) in [6.45, 7) is 1.43. The molecule has 0 amide bonds. The monoisotopic (exact) mass is 322 g/mol. The fourth-order valence-corrected chi connectivity index (χ4v) is 3.38. The van der Waals surface area contributed by atoms with Gasteiger partial charge in [0.1, 0.15) is 5.01 Å². The van der Waals surface area contributed by atoms with Gasteiger partial charge in [0.25, 0.3) is 0 Å². The zero-order valence-electron chi connectivity index (χ0n) is 10.6. The van der Waals surface area contributed by atoms with E-state index in [2.05, 4.69) is 16.4 Å². The van der Waals surface area contributed by atoms with E-state index >= 15 is 0 Å². The van der Waals surface area contributed by atoms with E-state index in [4.69, 9.17) is 23.2 Å². The Morgan fingerprint density at radius 1 is 1.05 bits per heavy atom. The van der Waals surface area contributed by atoms with Crippen LogP contribution in [0.25, 0.3) is 10.2 Å². The van der Waals surface area contributed by atoms with Gasteiger partial charge in [-0.3, -0.25) is 0 Å². The molecular formula is C15H12Cl2N2S. The Balaban J connectivity index is 1.64. The number of halogens is 2. The molecule has 5 heteroatoms. The predicted molar refractivity (Wildman–Crippen MR) is 86.6 cm³/mol. The predicted octanol–water partition coefficient (Wildman–Crippen LogP) is 4.89. The van der Waals surface area contributed by atoms with E-state index in [9.17, 15) is 0 Å². The Labute approximate surface area is 131 Å². The molecule has 0 fully saturated rings. The van der Waals surface area contributed by atoms with E-state index in [1.807, 2.05) is 30.3 Å². The quantitative estimate of drug-likeness (QED) is 0.739. The summed E-state index contributed by atoms with van der Waals surface area (Å²) in [4.78, 5) is 4.58. The Morgan fingerprint density at radius 3 is 2.70 bits per heavy atom. The van der Waals surface area contributed by atoms with Crippen molar-refractivity contribution in [3.8, 4) is 0 Å². The molecule has 0 saturated heterocycles. The van der Waals surface area contributed by atoms with Crippen molar-refractivity contribution in [2.45, 2.75) is 13.1 Å². The highest BCUT2D eigenvalue weighted by atomic mass is 35.5. The third-order valence-corrected chi connectivity index (χ3v) is 4.57. The van der Waals surface area contributed by atoms with Crippen molar-refractivity contribution in [3.05, 3.63) is 63.1 Å². The highest BCUT2D eigenvalue weighted by Crippen LogP contribution is 2.23. The summed E-state index contributed by atoms with van der Waals surface area (Å²) in [5, 5.41) is 5.79. The number of fused-ring (bicyclic) bond motifs is 1. The van der Waals surface area contributed by atoms with Crippen LogP contribution in [0.15, 0.2) is 42.5 Å². The first-order valence-electron chi connectivity index (χ1n) is 6.21. The van der Waals surface area contributed by atoms with Gasteiger partial charge >= 0.3 is 0 Å². The molecule has 1 heterocycles. The zero-order chi connectivity index (χ0) is 13.9. The molecular weight excluding hydrogens is 311 g/mol. The van der Waals surface area contributed by atoms with Gasteiger partial charge in [-0.1, -0.05) is 41.4 Å². The standard InChI is InChI=1S/C15H12Cl2N2S/c16-11-6-5-10(12(17)7-11)8-18-9-15-19-13-3-1-2-4-14(13)20-15/h1-7,18H,8-9H2. The number of hydrogen-bond donors (Lipinski definition) is 1. The normalized spacial score (nSPS) is 11.1. The van der Waals surface area contributed by atoms with Gasteiger partial charge in [-0.2, -0.15) is 0 Å². The van der Waals surface area contributed by atoms with Crippen LogP contribution in [0.4, 0.5) is 0 Å². The van der Waals surface area contributed by atoms with Gasteiger partial charge in [0.15, 0.2) is 0 Å². The molecule has 0 radical (unpaired) electrons. The maximum Gasteiger partial charge on any atom is 0.108 e. The van der Waals surface area contributed by atoms with E-state index in [0.29, 0.717) is 16.6 Å². The van der Waals surface area contributed by atoms with Gasteiger partial charge in [0, 0.05) is 23.1 Å². The SMILES string of the molecule is Clc1ccc(CNCc2nc3ccccc3s2)c(Cl)c1. The van der Waals surface area contributed by atoms with E-state index in [-0.39, 0.29) is 0 Å². The number of benzene rings is 2. The van der Waals surface area contributed by atoms with E-state index in [0.717, 1.165) is 22.6 Å². The van der Waals surface area contributed by atoms with Crippen LogP contribution in [-0.4, -0.2) is 4.98 Å². The molecule has 20 heavy (non-hydrogen) atoms. The van der Waals surface area contributed by atoms with Gasteiger partial charge in [0.2, 0.25) is 0 Å². The second kappa shape index (κ2) is 6.10. The Bertz CT molecular complexity index is 707. The minimum Gasteiger partial charge on any atom is -0.306 e. The summed E-state index contributed by atoms with van der Waals surface area (Å²) in [5.74, 6) is 0. The van der Waals surface area contributed by atoms with Crippen LogP contribution < -0.4 is 5.32 Å². The summed E-state index contributed by atoms with van der Waals surface area (Å²) in [6.07, 6.45) is 0. The summed E-state index contributed by atoms with van der Waals surface area (Å²) >= 11 is 13.7. The third-order valence-electron chi connectivity index (χ3n) is 2.94. The van der Waals surface area contributed by atoms with Crippen LogP contribution in [0, 0.1) is 0 Å². The highest BCUT2D eigenvalue weighted by Gasteiger charge is 2.04. The highest BCUT2D eigenvalue weighted by molar-refractivity contribution is 7.18. The Hall–Kier alpha value is -1.13. The molecule has 0 atom stereocenters. The number of hydrogen-bond acceptors (Lipinski definition) is 3. The fourth-order valence-electron chi connectivity index (χ4n) is 1.96. The van der Waals surface area contributed by atoms with Crippen molar-refractivity contribution in [2.75, 3.05) is 0 Å². The lowest BCUT2D eigenvalue weighted by atomic mass is 10.2. The second-order valence-corrected chi connectivity index (χ2v) is 6.37. The second-order valence-electron chi connectivity index (χ2n) is 4.41. The Kier molecular flexibility index (Phi) is 4.22. The minimum absolute atomic E-state index is 0.657. The van der Waals surface area contributed by atoms with Crippen molar-refractivity contribution in [1.82, 2.24) is 10.3 Å². The van der Waals surface area contributed by atoms with Crippen LogP contribution >= 0.6 is 34.5 Å². The number of nitrogens with one attached hydrogen (secondary N) is 1. The molecule has 0 aliphatic heterocycles. The first kappa shape index (κ1) is 13.8. The fraction of sp³-hybridized carbons (Fsp3) is 0.133. The maximum atomic E-state index is 6.14. The van der Waals surface area contributed by atoms with E-state index < -0.39 is 0 Å². The summed E-state index contributed by atoms with van der Waals surface area (Å²) < 4.78 is 1.22. The molecule has 0 spiro atoms. The van der Waals surface area contributed by atoms with Gasteiger partial charge in [-0.05, 0) is 29.8 Å². The van der Waals surface area contributed by atoms with Crippen molar-refractivity contribution in [1.29, 1.82) is 0 Å². The lowest BCUT2D eigenvalue weighted by Crippen LogP contribution is -2.12. The molecule has 102 valence electrons. The molecule has 1 aromatic heterocycles. The molecule has 2 aromatic carbocycles. The van der Waals surface area contributed by atoms with Crippen LogP contribution in [-0.2, 0) is 13.1 Å². The van der Waals surface area contributed by atoms with Crippen molar-refractivity contribution in [2.24, 2.45) is 0 Å². The first-order valence-corrected chi connectivity index (χ1v) is 7.79. The van der Waals surface area contributed by atoms with Crippen LogP contribution in [0.1, 0.15) is 10.6 Å². The molecule has 3 aromatic rings. The first-order chi connectivity index (χ1) is 9.72. The molecule has 0 unspecified atom stereocenters. The summed E-state index contributed by atoms with van der Waals surface area (Å²) in [5.41, 5.74) is 2.09. The van der Waals surface area contributed by atoms with Crippen molar-refractivity contribution in [3.63, 3.8) is 0 Å². The van der Waals surface area contributed by atoms with E-state index in [1.165, 1.54) is 4.70 Å². The maximum absolute atomic E-state index is 6.14. The van der Waals surface area contributed by atoms with E-state index in [1.54, 1.807) is 17.4 Å².